The zero-order valence-electron chi connectivity index (χ0n) is 13.6. The fourth-order valence-electron chi connectivity index (χ4n) is 3.38. The van der Waals surface area contributed by atoms with Gasteiger partial charge in [0.1, 0.15) is 5.75 Å². The first-order chi connectivity index (χ1) is 11.6. The molecule has 1 N–H and O–H groups in total. The summed E-state index contributed by atoms with van der Waals surface area (Å²) in [5, 5.41) is 8.98. The van der Waals surface area contributed by atoms with Gasteiger partial charge in [-0.05, 0) is 25.3 Å². The van der Waals surface area contributed by atoms with Crippen molar-refractivity contribution in [3.8, 4) is 5.75 Å². The van der Waals surface area contributed by atoms with Crippen LogP contribution in [0.1, 0.15) is 37.2 Å². The van der Waals surface area contributed by atoms with E-state index in [4.69, 9.17) is 14.6 Å². The number of rotatable bonds is 6. The van der Waals surface area contributed by atoms with E-state index in [0.29, 0.717) is 26.2 Å². The van der Waals surface area contributed by atoms with Crippen molar-refractivity contribution in [2.75, 3.05) is 26.3 Å². The van der Waals surface area contributed by atoms with Crippen LogP contribution in [0.5, 0.6) is 5.75 Å². The van der Waals surface area contributed by atoms with Crippen LogP contribution in [-0.4, -0.2) is 54.3 Å². The van der Waals surface area contributed by atoms with E-state index in [9.17, 15) is 9.59 Å². The Balaban J connectivity index is 1.75. The second-order valence-corrected chi connectivity index (χ2v) is 6.29. The van der Waals surface area contributed by atoms with Gasteiger partial charge in [-0.3, -0.25) is 9.59 Å². The van der Waals surface area contributed by atoms with Crippen LogP contribution in [0.2, 0.25) is 0 Å². The average Bonchev–Trinajstić information content (AvgIpc) is 3.10. The van der Waals surface area contributed by atoms with Gasteiger partial charge in [-0.1, -0.05) is 18.2 Å². The van der Waals surface area contributed by atoms with Crippen molar-refractivity contribution in [2.24, 2.45) is 0 Å². The van der Waals surface area contributed by atoms with Gasteiger partial charge in [0.25, 0.3) is 0 Å². The highest BCUT2D eigenvalue weighted by atomic mass is 16.5. The third-order valence-electron chi connectivity index (χ3n) is 4.61. The summed E-state index contributed by atoms with van der Waals surface area (Å²) in [6, 6.07) is 7.57. The summed E-state index contributed by atoms with van der Waals surface area (Å²) < 4.78 is 11.3. The quantitative estimate of drug-likeness (QED) is 0.862. The van der Waals surface area contributed by atoms with Crippen molar-refractivity contribution >= 4 is 11.9 Å². The molecule has 6 nitrogen and oxygen atoms in total. The number of carbonyl (C=O) groups is 2. The van der Waals surface area contributed by atoms with Crippen LogP contribution in [0, 0.1) is 0 Å². The molecule has 2 atom stereocenters. The van der Waals surface area contributed by atoms with E-state index in [2.05, 4.69) is 0 Å². The molecule has 1 aromatic carbocycles. The standard InChI is InChI=1S/C18H23NO5/c20-17(21)7-9-19(12-13-4-3-10-23-13)18(22)15-8-11-24-16-6-2-1-5-14(15)16/h1-2,5-6,13,15H,3-4,7-12H2,(H,20,21)/t13-,15+/m1/s1. The maximum atomic E-state index is 13.1. The van der Waals surface area contributed by atoms with E-state index < -0.39 is 5.97 Å². The molecule has 130 valence electrons. The highest BCUT2D eigenvalue weighted by Crippen LogP contribution is 2.34. The molecule has 0 saturated carbocycles. The molecule has 0 aromatic heterocycles. The van der Waals surface area contributed by atoms with Crippen molar-refractivity contribution in [1.29, 1.82) is 0 Å². The van der Waals surface area contributed by atoms with Crippen LogP contribution in [0.3, 0.4) is 0 Å². The lowest BCUT2D eigenvalue weighted by atomic mass is 9.91. The SMILES string of the molecule is O=C(O)CCN(C[C@H]1CCCO1)C(=O)[C@H]1CCOc2ccccc21. The zero-order chi connectivity index (χ0) is 16.9. The fourth-order valence-corrected chi connectivity index (χ4v) is 3.38. The second-order valence-electron chi connectivity index (χ2n) is 6.29. The van der Waals surface area contributed by atoms with Crippen molar-refractivity contribution in [3.05, 3.63) is 29.8 Å². The molecule has 1 amide bonds. The summed E-state index contributed by atoms with van der Waals surface area (Å²) in [5.41, 5.74) is 0.890. The van der Waals surface area contributed by atoms with Crippen LogP contribution in [0.4, 0.5) is 0 Å². The van der Waals surface area contributed by atoms with Gasteiger partial charge in [-0.15, -0.1) is 0 Å². The molecule has 1 fully saturated rings. The first kappa shape index (κ1) is 16.8. The van der Waals surface area contributed by atoms with Gasteiger partial charge in [0.2, 0.25) is 5.91 Å². The van der Waals surface area contributed by atoms with Gasteiger partial charge in [0.05, 0.1) is 25.0 Å². The van der Waals surface area contributed by atoms with Gasteiger partial charge in [-0.2, -0.15) is 0 Å². The van der Waals surface area contributed by atoms with E-state index in [1.165, 1.54) is 0 Å². The van der Waals surface area contributed by atoms with Crippen molar-refractivity contribution in [3.63, 3.8) is 0 Å². The average molecular weight is 333 g/mol. The number of amides is 1. The Morgan fingerprint density at radius 2 is 2.04 bits per heavy atom. The number of para-hydroxylation sites is 1. The van der Waals surface area contributed by atoms with E-state index in [-0.39, 0.29) is 30.9 Å². The molecule has 2 aliphatic rings. The summed E-state index contributed by atoms with van der Waals surface area (Å²) in [4.78, 5) is 25.7. The predicted octanol–water partition coefficient (Wildman–Crippen LogP) is 2.03. The van der Waals surface area contributed by atoms with Crippen LogP contribution in [-0.2, 0) is 14.3 Å². The molecule has 0 radical (unpaired) electrons. The summed E-state index contributed by atoms with van der Waals surface area (Å²) in [5.74, 6) is -0.447. The smallest absolute Gasteiger partial charge is 0.305 e. The van der Waals surface area contributed by atoms with E-state index in [1.807, 2.05) is 24.3 Å². The molecule has 3 rings (SSSR count). The highest BCUT2D eigenvalue weighted by molar-refractivity contribution is 5.85. The summed E-state index contributed by atoms with van der Waals surface area (Å²) in [6.45, 7) is 1.89. The lowest BCUT2D eigenvalue weighted by Gasteiger charge is -2.32. The van der Waals surface area contributed by atoms with Crippen molar-refractivity contribution in [2.45, 2.75) is 37.7 Å². The Bertz CT molecular complexity index is 597. The molecule has 2 heterocycles. The number of benzene rings is 1. The van der Waals surface area contributed by atoms with Crippen LogP contribution >= 0.6 is 0 Å². The van der Waals surface area contributed by atoms with Gasteiger partial charge >= 0.3 is 5.97 Å². The molecule has 6 heteroatoms. The third kappa shape index (κ3) is 3.87. The number of fused-ring (bicyclic) bond motifs is 1. The fraction of sp³-hybridized carbons (Fsp3) is 0.556. The topological polar surface area (TPSA) is 76.1 Å². The third-order valence-corrected chi connectivity index (χ3v) is 4.61. The lowest BCUT2D eigenvalue weighted by Crippen LogP contribution is -2.42. The normalized spacial score (nSPS) is 22.5. The second kappa shape index (κ2) is 7.66. The molecule has 2 aliphatic heterocycles. The number of carboxylic acids is 1. The van der Waals surface area contributed by atoms with E-state index in [0.717, 1.165) is 24.2 Å². The maximum absolute atomic E-state index is 13.1. The first-order valence-electron chi connectivity index (χ1n) is 8.49. The number of nitrogens with zero attached hydrogens (tertiary/aromatic N) is 1. The molecule has 0 aliphatic carbocycles. The summed E-state index contributed by atoms with van der Waals surface area (Å²) in [7, 11) is 0. The van der Waals surface area contributed by atoms with E-state index in [1.54, 1.807) is 4.90 Å². The Kier molecular flexibility index (Phi) is 5.35. The number of hydrogen-bond donors (Lipinski definition) is 1. The Labute approximate surface area is 141 Å². The Morgan fingerprint density at radius 1 is 1.21 bits per heavy atom. The number of ether oxygens (including phenoxy) is 2. The van der Waals surface area contributed by atoms with Gasteiger partial charge < -0.3 is 19.5 Å². The molecule has 24 heavy (non-hydrogen) atoms. The van der Waals surface area contributed by atoms with Crippen molar-refractivity contribution in [1.82, 2.24) is 4.90 Å². The maximum Gasteiger partial charge on any atom is 0.305 e. The minimum absolute atomic E-state index is 0.0119. The molecule has 0 unspecified atom stereocenters. The molecular formula is C18H23NO5. The van der Waals surface area contributed by atoms with Crippen LogP contribution < -0.4 is 4.74 Å². The molecule has 1 saturated heterocycles. The first-order valence-corrected chi connectivity index (χ1v) is 8.49. The number of aliphatic carboxylic acids is 1. The molecular weight excluding hydrogens is 310 g/mol. The van der Waals surface area contributed by atoms with Gasteiger partial charge in [0.15, 0.2) is 0 Å². The number of carboxylic acid groups (broad SMARTS) is 1. The summed E-state index contributed by atoms with van der Waals surface area (Å²) >= 11 is 0. The minimum Gasteiger partial charge on any atom is -0.493 e. The molecule has 0 bridgehead atoms. The van der Waals surface area contributed by atoms with Gasteiger partial charge in [0, 0.05) is 25.3 Å². The predicted molar refractivity (Wildman–Crippen MR) is 87.1 cm³/mol. The highest BCUT2D eigenvalue weighted by Gasteiger charge is 2.32. The monoisotopic (exact) mass is 333 g/mol. The van der Waals surface area contributed by atoms with Crippen LogP contribution in [0.15, 0.2) is 24.3 Å². The number of hydrogen-bond acceptors (Lipinski definition) is 4. The number of carbonyl (C=O) groups excluding carboxylic acids is 1. The van der Waals surface area contributed by atoms with Crippen molar-refractivity contribution < 1.29 is 24.2 Å². The molecule has 1 aromatic rings. The van der Waals surface area contributed by atoms with Gasteiger partial charge in [-0.25, -0.2) is 0 Å². The molecule has 0 spiro atoms. The lowest BCUT2D eigenvalue weighted by molar-refractivity contribution is -0.139. The zero-order valence-corrected chi connectivity index (χ0v) is 13.6. The van der Waals surface area contributed by atoms with E-state index >= 15 is 0 Å². The summed E-state index contributed by atoms with van der Waals surface area (Å²) in [6.07, 6.45) is 2.49. The Morgan fingerprint density at radius 3 is 2.79 bits per heavy atom. The largest absolute Gasteiger partial charge is 0.493 e. The minimum atomic E-state index is -0.896. The Hall–Kier alpha value is -2.08. The van der Waals surface area contributed by atoms with Crippen LogP contribution in [0.25, 0.3) is 0 Å².